The van der Waals surface area contributed by atoms with Crippen molar-refractivity contribution in [2.24, 2.45) is 0 Å². The molecular formula is C68H123NO8. The van der Waals surface area contributed by atoms with Gasteiger partial charge < -0.3 is 33.3 Å². The van der Waals surface area contributed by atoms with E-state index in [4.69, 9.17) is 18.9 Å². The molecule has 0 fully saturated rings. The molecule has 9 heteroatoms. The Labute approximate surface area is 475 Å². The molecule has 0 aliphatic rings. The first kappa shape index (κ1) is 74.0. The molecule has 0 amide bonds. The predicted molar refractivity (Wildman–Crippen MR) is 325 cm³/mol. The molecule has 0 aliphatic heterocycles. The molecule has 0 saturated carbocycles. The van der Waals surface area contributed by atoms with E-state index >= 15 is 0 Å². The van der Waals surface area contributed by atoms with Gasteiger partial charge in [-0.25, -0.2) is 0 Å². The number of hydrogen-bond donors (Lipinski definition) is 0. The Kier molecular flexibility index (Phi) is 56.8. The number of likely N-dealkylation sites (N-methyl/N-ethyl adjacent to an activating group) is 1. The summed E-state index contributed by atoms with van der Waals surface area (Å²) >= 11 is 0. The summed E-state index contributed by atoms with van der Waals surface area (Å²) in [6, 6.07) is 0. The van der Waals surface area contributed by atoms with Gasteiger partial charge >= 0.3 is 11.9 Å². The standard InChI is InChI=1S/C68H123NO8/c1-6-8-10-12-14-16-18-20-21-22-23-24-25-26-27-28-29-30-31-32-33-34-35-36-37-38-39-40-41-42-43-44-45-47-49-51-53-55-57-59-66(71)77-64(63-76-68(67(72)73)74-61-60-69(3,4)5)62-75-65(70)58-56-54-52-50-48-46-19-17-15-13-11-9-7-2/h8,10,14,16,20-21,23-24,26-27,64,68H,6-7,9,11-13,15,17-19,22,25,28-63H2,1-5H3/b10-8-,16-14-,21-20-,24-23-,27-26-. The Morgan fingerprint density at radius 3 is 1.10 bits per heavy atom. The van der Waals surface area contributed by atoms with E-state index in [9.17, 15) is 19.5 Å². The lowest BCUT2D eigenvalue weighted by Gasteiger charge is -2.26. The number of rotatable bonds is 60. The van der Waals surface area contributed by atoms with Gasteiger partial charge in [0.15, 0.2) is 12.4 Å². The van der Waals surface area contributed by atoms with Crippen LogP contribution in [0.2, 0.25) is 0 Å². The third-order valence-electron chi connectivity index (χ3n) is 14.3. The van der Waals surface area contributed by atoms with E-state index in [1.165, 1.54) is 199 Å². The number of carboxylic acid groups (broad SMARTS) is 1. The van der Waals surface area contributed by atoms with Crippen LogP contribution in [0.25, 0.3) is 0 Å². The molecule has 0 radical (unpaired) electrons. The van der Waals surface area contributed by atoms with Crippen LogP contribution in [0.3, 0.4) is 0 Å². The number of nitrogens with zero attached hydrogens (tertiary/aromatic N) is 1. The largest absolute Gasteiger partial charge is 0.545 e. The van der Waals surface area contributed by atoms with Gasteiger partial charge in [-0.05, 0) is 57.8 Å². The number of aliphatic carboxylic acids is 1. The fraction of sp³-hybridized carbons (Fsp3) is 0.809. The van der Waals surface area contributed by atoms with Crippen LogP contribution in [0.4, 0.5) is 0 Å². The quantitative estimate of drug-likeness (QED) is 0.0195. The average Bonchev–Trinajstić information content (AvgIpc) is 3.40. The molecule has 2 atom stereocenters. The first-order valence-electron chi connectivity index (χ1n) is 32.4. The maximum atomic E-state index is 12.9. The molecule has 77 heavy (non-hydrogen) atoms. The van der Waals surface area contributed by atoms with Gasteiger partial charge in [0.05, 0.1) is 40.3 Å². The van der Waals surface area contributed by atoms with Crippen LogP contribution in [0.15, 0.2) is 60.8 Å². The molecule has 0 heterocycles. The maximum absolute atomic E-state index is 12.9. The molecular weight excluding hydrogens is 959 g/mol. The third-order valence-corrected chi connectivity index (χ3v) is 14.3. The number of quaternary nitrogens is 1. The molecule has 0 N–H and O–H groups in total. The molecule has 2 unspecified atom stereocenters. The molecule has 0 aliphatic carbocycles. The summed E-state index contributed by atoms with van der Waals surface area (Å²) in [5, 5.41) is 11.8. The summed E-state index contributed by atoms with van der Waals surface area (Å²) in [7, 11) is 5.93. The molecule has 0 aromatic carbocycles. The normalized spacial score (nSPS) is 13.1. The highest BCUT2D eigenvalue weighted by Gasteiger charge is 2.22. The molecule has 0 bridgehead atoms. The highest BCUT2D eigenvalue weighted by molar-refractivity contribution is 5.70. The zero-order valence-electron chi connectivity index (χ0n) is 51.1. The zero-order valence-corrected chi connectivity index (χ0v) is 51.1. The van der Waals surface area contributed by atoms with Gasteiger partial charge in [-0.3, -0.25) is 9.59 Å². The van der Waals surface area contributed by atoms with Gasteiger partial charge in [-0.1, -0.05) is 286 Å². The first-order valence-corrected chi connectivity index (χ1v) is 32.4. The van der Waals surface area contributed by atoms with E-state index in [1.807, 2.05) is 21.1 Å². The van der Waals surface area contributed by atoms with Crippen LogP contribution in [0.5, 0.6) is 0 Å². The lowest BCUT2D eigenvalue weighted by Crippen LogP contribution is -2.44. The first-order chi connectivity index (χ1) is 37.6. The Hall–Kier alpha value is -3.01. The van der Waals surface area contributed by atoms with Gasteiger partial charge in [0, 0.05) is 12.8 Å². The summed E-state index contributed by atoms with van der Waals surface area (Å²) in [6.45, 7) is 4.67. The number of carboxylic acids is 1. The molecule has 0 aromatic rings. The number of carbonyl (C=O) groups excluding carboxylic acids is 3. The lowest BCUT2D eigenvalue weighted by molar-refractivity contribution is -0.870. The Balaban J connectivity index is 3.94. The van der Waals surface area contributed by atoms with Crippen LogP contribution >= 0.6 is 0 Å². The minimum atomic E-state index is -1.62. The van der Waals surface area contributed by atoms with Crippen LogP contribution in [0, 0.1) is 0 Å². The number of hydrogen-bond acceptors (Lipinski definition) is 8. The monoisotopic (exact) mass is 1080 g/mol. The molecule has 0 saturated heterocycles. The van der Waals surface area contributed by atoms with E-state index in [0.29, 0.717) is 17.4 Å². The van der Waals surface area contributed by atoms with Crippen molar-refractivity contribution in [1.82, 2.24) is 0 Å². The zero-order chi connectivity index (χ0) is 56.2. The van der Waals surface area contributed by atoms with Crippen molar-refractivity contribution in [1.29, 1.82) is 0 Å². The number of unbranched alkanes of at least 4 members (excludes halogenated alkanes) is 35. The summed E-state index contributed by atoms with van der Waals surface area (Å²) in [5.74, 6) is -2.26. The highest BCUT2D eigenvalue weighted by atomic mass is 16.7. The summed E-state index contributed by atoms with van der Waals surface area (Å²) in [5.41, 5.74) is 0. The SMILES string of the molecule is CC/C=C\C/C=C\C/C=C\C/C=C\C/C=C\CCCCCCCCCCCCCCCCCCCCCCCCCC(=O)OC(COC(=O)CCCCCCCCCCCCCCC)COC(OCC[N+](C)(C)C)C(=O)[O-]. The second kappa shape index (κ2) is 59.1. The highest BCUT2D eigenvalue weighted by Crippen LogP contribution is 2.18. The van der Waals surface area contributed by atoms with Gasteiger partial charge in [-0.15, -0.1) is 0 Å². The van der Waals surface area contributed by atoms with Crippen molar-refractivity contribution in [3.63, 3.8) is 0 Å². The summed E-state index contributed by atoms with van der Waals surface area (Å²) in [6.07, 6.45) is 73.1. The lowest BCUT2D eigenvalue weighted by atomic mass is 10.0. The summed E-state index contributed by atoms with van der Waals surface area (Å²) < 4.78 is 22.7. The number of ether oxygens (including phenoxy) is 4. The van der Waals surface area contributed by atoms with Crippen molar-refractivity contribution in [2.75, 3.05) is 47.5 Å². The van der Waals surface area contributed by atoms with Crippen LogP contribution in [-0.4, -0.2) is 82.3 Å². The van der Waals surface area contributed by atoms with E-state index in [2.05, 4.69) is 74.6 Å². The Morgan fingerprint density at radius 2 is 0.740 bits per heavy atom. The smallest absolute Gasteiger partial charge is 0.306 e. The maximum Gasteiger partial charge on any atom is 0.306 e. The fourth-order valence-corrected chi connectivity index (χ4v) is 9.33. The topological polar surface area (TPSA) is 111 Å². The number of esters is 2. The molecule has 9 nitrogen and oxygen atoms in total. The average molecular weight is 1080 g/mol. The van der Waals surface area contributed by atoms with Gasteiger partial charge in [0.25, 0.3) is 0 Å². The third kappa shape index (κ3) is 60.5. The van der Waals surface area contributed by atoms with Crippen LogP contribution < -0.4 is 5.11 Å². The Bertz CT molecular complexity index is 1450. The summed E-state index contributed by atoms with van der Waals surface area (Å²) in [4.78, 5) is 37.3. The van der Waals surface area contributed by atoms with Gasteiger partial charge in [0.2, 0.25) is 0 Å². The molecule has 0 rings (SSSR count). The van der Waals surface area contributed by atoms with Crippen molar-refractivity contribution >= 4 is 17.9 Å². The Morgan fingerprint density at radius 1 is 0.403 bits per heavy atom. The van der Waals surface area contributed by atoms with Crippen molar-refractivity contribution in [3.8, 4) is 0 Å². The van der Waals surface area contributed by atoms with E-state index in [-0.39, 0.29) is 32.2 Å². The minimum absolute atomic E-state index is 0.150. The fourth-order valence-electron chi connectivity index (χ4n) is 9.33. The molecule has 448 valence electrons. The van der Waals surface area contributed by atoms with Crippen LogP contribution in [-0.2, 0) is 33.3 Å². The second-order valence-corrected chi connectivity index (χ2v) is 23.0. The molecule has 0 spiro atoms. The van der Waals surface area contributed by atoms with Crippen molar-refractivity contribution < 1.29 is 42.9 Å². The number of carbonyl (C=O) groups is 3. The van der Waals surface area contributed by atoms with Gasteiger partial charge in [0.1, 0.15) is 13.2 Å². The molecule has 0 aromatic heterocycles. The van der Waals surface area contributed by atoms with Crippen molar-refractivity contribution in [3.05, 3.63) is 60.8 Å². The van der Waals surface area contributed by atoms with Crippen molar-refractivity contribution in [2.45, 2.75) is 309 Å². The van der Waals surface area contributed by atoms with E-state index in [1.54, 1.807) is 0 Å². The second-order valence-electron chi connectivity index (χ2n) is 23.0. The number of allylic oxidation sites excluding steroid dienone is 10. The van der Waals surface area contributed by atoms with Gasteiger partial charge in [-0.2, -0.15) is 0 Å². The minimum Gasteiger partial charge on any atom is -0.545 e. The van der Waals surface area contributed by atoms with Crippen LogP contribution in [0.1, 0.15) is 296 Å². The predicted octanol–water partition coefficient (Wildman–Crippen LogP) is 18.2. The van der Waals surface area contributed by atoms with E-state index in [0.717, 1.165) is 70.6 Å². The van der Waals surface area contributed by atoms with E-state index < -0.39 is 24.3 Å².